The first-order chi connectivity index (χ1) is 13.1. The number of hydrogen-bond donors (Lipinski definition) is 1. The number of amides is 1. The van der Waals surface area contributed by atoms with Crippen molar-refractivity contribution in [2.75, 3.05) is 31.1 Å². The Hall–Kier alpha value is -3.07. The molecule has 1 fully saturated rings. The molecule has 1 aromatic carbocycles. The molecule has 2 aromatic heterocycles. The zero-order valence-corrected chi connectivity index (χ0v) is 14.6. The van der Waals surface area contributed by atoms with Crippen molar-refractivity contribution in [3.05, 3.63) is 53.6 Å². The topological polar surface area (TPSA) is 86.9 Å². The van der Waals surface area contributed by atoms with Crippen molar-refractivity contribution in [1.29, 1.82) is 0 Å². The molecule has 9 heteroatoms. The summed E-state index contributed by atoms with van der Waals surface area (Å²) in [5.74, 6) is 0.354. The van der Waals surface area contributed by atoms with Crippen LogP contribution < -0.4 is 4.90 Å². The molecule has 8 nitrogen and oxygen atoms in total. The van der Waals surface area contributed by atoms with Gasteiger partial charge in [-0.15, -0.1) is 15.3 Å². The van der Waals surface area contributed by atoms with E-state index in [9.17, 15) is 9.18 Å². The predicted octanol–water partition coefficient (Wildman–Crippen LogP) is 0.647. The van der Waals surface area contributed by atoms with Crippen LogP contribution in [0, 0.1) is 5.82 Å². The molecule has 3 heterocycles. The Bertz CT molecular complexity index is 967. The number of aromatic nitrogens is 4. The zero-order valence-electron chi connectivity index (χ0n) is 14.6. The molecule has 0 spiro atoms. The van der Waals surface area contributed by atoms with Crippen molar-refractivity contribution in [2.24, 2.45) is 0 Å². The van der Waals surface area contributed by atoms with Gasteiger partial charge in [0.2, 0.25) is 5.91 Å². The van der Waals surface area contributed by atoms with E-state index in [1.54, 1.807) is 27.9 Å². The van der Waals surface area contributed by atoms with Crippen LogP contribution in [-0.2, 0) is 17.8 Å². The molecule has 1 aliphatic heterocycles. The van der Waals surface area contributed by atoms with Crippen LogP contribution in [-0.4, -0.2) is 61.9 Å². The number of carbonyl (C=O) groups excluding carboxylic acids is 1. The molecule has 27 heavy (non-hydrogen) atoms. The molecule has 0 bridgehead atoms. The summed E-state index contributed by atoms with van der Waals surface area (Å²) in [4.78, 5) is 16.5. The summed E-state index contributed by atoms with van der Waals surface area (Å²) in [6.07, 6.45) is 1.75. The molecule has 4 rings (SSSR count). The Kier molecular flexibility index (Phi) is 4.68. The molecule has 0 aliphatic carbocycles. The van der Waals surface area contributed by atoms with Crippen LogP contribution >= 0.6 is 0 Å². The van der Waals surface area contributed by atoms with Crippen LogP contribution in [0.1, 0.15) is 11.1 Å². The smallest absolute Gasteiger partial charge is 0.227 e. The molecule has 1 amide bonds. The molecule has 1 N–H and O–H groups in total. The fourth-order valence-electron chi connectivity index (χ4n) is 3.22. The summed E-state index contributed by atoms with van der Waals surface area (Å²) >= 11 is 0. The maximum atomic E-state index is 13.5. The van der Waals surface area contributed by atoms with Crippen molar-refractivity contribution in [3.63, 3.8) is 0 Å². The number of rotatable bonds is 4. The minimum absolute atomic E-state index is 0.00707. The van der Waals surface area contributed by atoms with Crippen molar-refractivity contribution >= 4 is 17.4 Å². The first-order valence-corrected chi connectivity index (χ1v) is 8.72. The lowest BCUT2D eigenvalue weighted by molar-refractivity contribution is -0.130. The van der Waals surface area contributed by atoms with Gasteiger partial charge in [-0.25, -0.2) is 4.39 Å². The number of hydrogen-bond acceptors (Lipinski definition) is 6. The quantitative estimate of drug-likeness (QED) is 0.726. The number of aliphatic hydroxyl groups excluding tert-OH is 1. The van der Waals surface area contributed by atoms with E-state index in [0.29, 0.717) is 37.4 Å². The lowest BCUT2D eigenvalue weighted by Gasteiger charge is -2.35. The molecule has 3 aromatic rings. The molecule has 1 aliphatic rings. The van der Waals surface area contributed by atoms with E-state index in [4.69, 9.17) is 5.11 Å². The van der Waals surface area contributed by atoms with Crippen LogP contribution in [0.4, 0.5) is 10.2 Å². The number of benzene rings is 1. The largest absolute Gasteiger partial charge is 0.392 e. The number of fused-ring (bicyclic) bond motifs is 1. The molecule has 0 unspecified atom stereocenters. The van der Waals surface area contributed by atoms with E-state index >= 15 is 0 Å². The third-order valence-corrected chi connectivity index (χ3v) is 4.74. The Morgan fingerprint density at radius 1 is 1.15 bits per heavy atom. The molecule has 0 atom stereocenters. The summed E-state index contributed by atoms with van der Waals surface area (Å²) < 4.78 is 15.1. The lowest BCUT2D eigenvalue weighted by Crippen LogP contribution is -2.49. The molecule has 0 radical (unpaired) electrons. The van der Waals surface area contributed by atoms with Gasteiger partial charge in [-0.2, -0.15) is 4.52 Å². The fourth-order valence-corrected chi connectivity index (χ4v) is 3.22. The van der Waals surface area contributed by atoms with Gasteiger partial charge in [0.25, 0.3) is 0 Å². The highest BCUT2D eigenvalue weighted by molar-refractivity contribution is 5.79. The Morgan fingerprint density at radius 2 is 1.96 bits per heavy atom. The van der Waals surface area contributed by atoms with Gasteiger partial charge in [-0.05, 0) is 23.8 Å². The highest BCUT2D eigenvalue weighted by atomic mass is 19.1. The van der Waals surface area contributed by atoms with Crippen molar-refractivity contribution in [2.45, 2.75) is 13.0 Å². The summed E-state index contributed by atoms with van der Waals surface area (Å²) in [6, 6.07) is 8.18. The SMILES string of the molecule is O=C(Cc1ccc(F)c(CO)c1)N1CCN(c2ccc3nncn3n2)CC1. The standard InChI is InChI=1S/C18H19FN6O2/c19-15-2-1-13(9-14(15)11-26)10-18(27)24-7-5-23(6-8-24)17-4-3-16-21-20-12-25(16)22-17/h1-4,9,12,26H,5-8,10-11H2. The van der Waals surface area contributed by atoms with Crippen LogP contribution in [0.5, 0.6) is 0 Å². The first-order valence-electron chi connectivity index (χ1n) is 8.72. The Balaban J connectivity index is 1.37. The monoisotopic (exact) mass is 370 g/mol. The summed E-state index contributed by atoms with van der Waals surface area (Å²) in [5.41, 5.74) is 1.60. The van der Waals surface area contributed by atoms with Gasteiger partial charge in [0.05, 0.1) is 13.0 Å². The molecule has 1 saturated heterocycles. The lowest BCUT2D eigenvalue weighted by atomic mass is 10.1. The Morgan fingerprint density at radius 3 is 2.74 bits per heavy atom. The van der Waals surface area contributed by atoms with E-state index < -0.39 is 5.82 Å². The number of nitrogens with zero attached hydrogens (tertiary/aromatic N) is 6. The third kappa shape index (κ3) is 3.59. The third-order valence-electron chi connectivity index (χ3n) is 4.74. The maximum absolute atomic E-state index is 13.5. The molecular weight excluding hydrogens is 351 g/mol. The minimum Gasteiger partial charge on any atom is -0.392 e. The summed E-state index contributed by atoms with van der Waals surface area (Å²) in [6.45, 7) is 2.16. The maximum Gasteiger partial charge on any atom is 0.227 e. The van der Waals surface area contributed by atoms with E-state index in [2.05, 4.69) is 20.2 Å². The molecule has 140 valence electrons. The number of halogens is 1. The van der Waals surface area contributed by atoms with Crippen molar-refractivity contribution in [3.8, 4) is 0 Å². The number of carbonyl (C=O) groups is 1. The van der Waals surface area contributed by atoms with Crippen molar-refractivity contribution < 1.29 is 14.3 Å². The van der Waals surface area contributed by atoms with E-state index in [0.717, 1.165) is 5.82 Å². The van der Waals surface area contributed by atoms with Crippen LogP contribution in [0.25, 0.3) is 5.65 Å². The van der Waals surface area contributed by atoms with E-state index in [-0.39, 0.29) is 24.5 Å². The van der Waals surface area contributed by atoms with Gasteiger partial charge >= 0.3 is 0 Å². The van der Waals surface area contributed by atoms with Gasteiger partial charge in [0.1, 0.15) is 18.0 Å². The van der Waals surface area contributed by atoms with Gasteiger partial charge in [-0.1, -0.05) is 12.1 Å². The second-order valence-corrected chi connectivity index (χ2v) is 6.45. The van der Waals surface area contributed by atoms with Crippen LogP contribution in [0.3, 0.4) is 0 Å². The average molecular weight is 370 g/mol. The molecular formula is C18H19FN6O2. The zero-order chi connectivity index (χ0) is 18.8. The molecule has 0 saturated carbocycles. The first kappa shape index (κ1) is 17.3. The highest BCUT2D eigenvalue weighted by Crippen LogP contribution is 2.16. The van der Waals surface area contributed by atoms with Crippen LogP contribution in [0.15, 0.2) is 36.7 Å². The Labute approximate surface area is 154 Å². The number of piperazine rings is 1. The van der Waals surface area contributed by atoms with E-state index in [1.807, 2.05) is 12.1 Å². The van der Waals surface area contributed by atoms with Gasteiger partial charge in [-0.3, -0.25) is 4.79 Å². The number of anilines is 1. The predicted molar refractivity (Wildman–Crippen MR) is 95.6 cm³/mol. The van der Waals surface area contributed by atoms with Gasteiger partial charge in [0.15, 0.2) is 5.65 Å². The van der Waals surface area contributed by atoms with Gasteiger partial charge < -0.3 is 14.9 Å². The second-order valence-electron chi connectivity index (χ2n) is 6.45. The summed E-state index contributed by atoms with van der Waals surface area (Å²) in [7, 11) is 0. The normalized spacial score (nSPS) is 14.7. The van der Waals surface area contributed by atoms with E-state index in [1.165, 1.54) is 6.07 Å². The van der Waals surface area contributed by atoms with Crippen LogP contribution in [0.2, 0.25) is 0 Å². The summed E-state index contributed by atoms with van der Waals surface area (Å²) in [5, 5.41) is 21.4. The minimum atomic E-state index is -0.458. The number of aliphatic hydroxyl groups is 1. The second kappa shape index (κ2) is 7.28. The highest BCUT2D eigenvalue weighted by Gasteiger charge is 2.22. The average Bonchev–Trinajstić information content (AvgIpc) is 3.17. The van der Waals surface area contributed by atoms with Crippen molar-refractivity contribution in [1.82, 2.24) is 24.7 Å². The fraction of sp³-hybridized carbons (Fsp3) is 0.333. The van der Waals surface area contributed by atoms with Gasteiger partial charge in [0, 0.05) is 31.7 Å².